The number of thioether (sulfide) groups is 2. The fourth-order valence-corrected chi connectivity index (χ4v) is 4.10. The third kappa shape index (κ3) is 2.46. The predicted molar refractivity (Wildman–Crippen MR) is 60.1 cm³/mol. The molecule has 2 aliphatic heterocycles. The lowest BCUT2D eigenvalue weighted by Gasteiger charge is -2.03. The van der Waals surface area contributed by atoms with E-state index in [1.54, 1.807) is 0 Å². The van der Waals surface area contributed by atoms with Gasteiger partial charge in [-0.2, -0.15) is 23.5 Å². The fraction of sp³-hybridized carbons (Fsp3) is 0.800. The summed E-state index contributed by atoms with van der Waals surface area (Å²) in [5.74, 6) is 2.76. The highest BCUT2D eigenvalue weighted by Gasteiger charge is 2.15. The third-order valence-corrected chi connectivity index (χ3v) is 5.16. The summed E-state index contributed by atoms with van der Waals surface area (Å²) in [5, 5.41) is 1.71. The minimum atomic E-state index is 0.853. The van der Waals surface area contributed by atoms with Gasteiger partial charge in [-0.1, -0.05) is 12.2 Å². The molecule has 0 aromatic heterocycles. The van der Waals surface area contributed by atoms with Crippen LogP contribution in [-0.4, -0.2) is 22.0 Å². The van der Waals surface area contributed by atoms with Crippen LogP contribution in [0.2, 0.25) is 0 Å². The van der Waals surface area contributed by atoms with Gasteiger partial charge in [0.25, 0.3) is 0 Å². The van der Waals surface area contributed by atoms with E-state index < -0.39 is 0 Å². The van der Waals surface area contributed by atoms with E-state index in [0.717, 1.165) is 10.5 Å². The maximum atomic E-state index is 2.46. The van der Waals surface area contributed by atoms with Crippen molar-refractivity contribution in [1.29, 1.82) is 0 Å². The van der Waals surface area contributed by atoms with E-state index in [-0.39, 0.29) is 0 Å². The van der Waals surface area contributed by atoms with E-state index in [1.807, 2.05) is 0 Å². The van der Waals surface area contributed by atoms with Crippen molar-refractivity contribution < 1.29 is 0 Å². The standard InChI is InChI=1S/C10H16S2/c1-3-9(11-7-1)5-6-10-4-2-8-12-10/h5-6,9-10H,1-4,7-8H2/b6-5+/t9-,10-/m0/s1. The van der Waals surface area contributed by atoms with Crippen LogP contribution in [0.5, 0.6) is 0 Å². The second kappa shape index (κ2) is 4.61. The quantitative estimate of drug-likeness (QED) is 0.627. The molecule has 2 saturated heterocycles. The van der Waals surface area contributed by atoms with Crippen molar-refractivity contribution in [3.63, 3.8) is 0 Å². The molecule has 0 aliphatic carbocycles. The molecule has 0 spiro atoms. The van der Waals surface area contributed by atoms with Crippen LogP contribution in [0, 0.1) is 0 Å². The zero-order valence-electron chi connectivity index (χ0n) is 7.37. The molecule has 0 N–H and O–H groups in total. The van der Waals surface area contributed by atoms with Crippen molar-refractivity contribution in [3.05, 3.63) is 12.2 Å². The first-order chi connectivity index (χ1) is 5.95. The first kappa shape index (κ1) is 9.01. The molecule has 68 valence electrons. The molecule has 0 aromatic rings. The van der Waals surface area contributed by atoms with Gasteiger partial charge in [-0.3, -0.25) is 0 Å². The molecular formula is C10H16S2. The van der Waals surface area contributed by atoms with E-state index in [1.165, 1.54) is 37.2 Å². The van der Waals surface area contributed by atoms with Crippen LogP contribution in [0.3, 0.4) is 0 Å². The normalized spacial score (nSPS) is 36.7. The molecule has 2 aliphatic rings. The molecule has 0 radical (unpaired) electrons. The Bertz CT molecular complexity index is 135. The van der Waals surface area contributed by atoms with Crippen LogP contribution in [0.1, 0.15) is 25.7 Å². The first-order valence-electron chi connectivity index (χ1n) is 4.87. The van der Waals surface area contributed by atoms with Gasteiger partial charge in [0.05, 0.1) is 0 Å². The second-order valence-corrected chi connectivity index (χ2v) is 6.18. The van der Waals surface area contributed by atoms with Crippen molar-refractivity contribution in [2.24, 2.45) is 0 Å². The average molecular weight is 200 g/mol. The van der Waals surface area contributed by atoms with Crippen LogP contribution in [0.25, 0.3) is 0 Å². The summed E-state index contributed by atoms with van der Waals surface area (Å²) in [6.45, 7) is 0. The fourth-order valence-electron chi connectivity index (χ4n) is 1.76. The molecule has 2 fully saturated rings. The van der Waals surface area contributed by atoms with Gasteiger partial charge < -0.3 is 0 Å². The minimum absolute atomic E-state index is 0.853. The lowest BCUT2D eigenvalue weighted by molar-refractivity contribution is 0.859. The lowest BCUT2D eigenvalue weighted by Crippen LogP contribution is -1.94. The van der Waals surface area contributed by atoms with Gasteiger partial charge in [-0.25, -0.2) is 0 Å². The highest BCUT2D eigenvalue weighted by Crippen LogP contribution is 2.30. The molecule has 2 atom stereocenters. The Hall–Kier alpha value is 0.440. The predicted octanol–water partition coefficient (Wildman–Crippen LogP) is 3.33. The van der Waals surface area contributed by atoms with Crippen molar-refractivity contribution in [2.75, 3.05) is 11.5 Å². The van der Waals surface area contributed by atoms with Gasteiger partial charge in [0.2, 0.25) is 0 Å². The van der Waals surface area contributed by atoms with Crippen LogP contribution in [0.15, 0.2) is 12.2 Å². The maximum absolute atomic E-state index is 2.46. The summed E-state index contributed by atoms with van der Waals surface area (Å²) >= 11 is 4.26. The Kier molecular flexibility index (Phi) is 3.47. The van der Waals surface area contributed by atoms with Crippen molar-refractivity contribution in [3.8, 4) is 0 Å². The monoisotopic (exact) mass is 200 g/mol. The summed E-state index contributed by atoms with van der Waals surface area (Å²) in [6, 6.07) is 0. The smallest absolute Gasteiger partial charge is 0.0227 e. The highest BCUT2D eigenvalue weighted by atomic mass is 32.2. The molecule has 0 amide bonds. The molecule has 0 saturated carbocycles. The lowest BCUT2D eigenvalue weighted by atomic mass is 10.2. The van der Waals surface area contributed by atoms with E-state index in [9.17, 15) is 0 Å². The largest absolute Gasteiger partial charge is 0.154 e. The topological polar surface area (TPSA) is 0 Å². The number of rotatable bonds is 2. The summed E-state index contributed by atoms with van der Waals surface area (Å²) in [6.07, 6.45) is 10.6. The molecule has 0 aromatic carbocycles. The number of hydrogen-bond acceptors (Lipinski definition) is 2. The molecule has 2 rings (SSSR count). The Balaban J connectivity index is 1.75. The zero-order chi connectivity index (χ0) is 8.23. The van der Waals surface area contributed by atoms with Crippen LogP contribution < -0.4 is 0 Å². The Labute approximate surface area is 83.6 Å². The van der Waals surface area contributed by atoms with Crippen molar-refractivity contribution in [1.82, 2.24) is 0 Å². The van der Waals surface area contributed by atoms with Gasteiger partial charge in [0.1, 0.15) is 0 Å². The van der Waals surface area contributed by atoms with Crippen LogP contribution in [-0.2, 0) is 0 Å². The van der Waals surface area contributed by atoms with Crippen molar-refractivity contribution >= 4 is 23.5 Å². The summed E-state index contributed by atoms with van der Waals surface area (Å²) in [4.78, 5) is 0. The molecule has 0 nitrogen and oxygen atoms in total. The maximum Gasteiger partial charge on any atom is 0.0227 e. The zero-order valence-corrected chi connectivity index (χ0v) is 9.00. The van der Waals surface area contributed by atoms with Gasteiger partial charge in [-0.15, -0.1) is 0 Å². The van der Waals surface area contributed by atoms with E-state index in [2.05, 4.69) is 35.7 Å². The molecular weight excluding hydrogens is 184 g/mol. The average Bonchev–Trinajstić information content (AvgIpc) is 2.74. The van der Waals surface area contributed by atoms with Gasteiger partial charge in [0.15, 0.2) is 0 Å². The Morgan fingerprint density at radius 3 is 1.67 bits per heavy atom. The molecule has 12 heavy (non-hydrogen) atoms. The second-order valence-electron chi connectivity index (χ2n) is 3.49. The van der Waals surface area contributed by atoms with Gasteiger partial charge in [-0.05, 0) is 37.2 Å². The van der Waals surface area contributed by atoms with E-state index in [4.69, 9.17) is 0 Å². The molecule has 0 unspecified atom stereocenters. The van der Waals surface area contributed by atoms with Gasteiger partial charge in [0, 0.05) is 10.5 Å². The highest BCUT2D eigenvalue weighted by molar-refractivity contribution is 8.00. The Morgan fingerprint density at radius 1 is 0.833 bits per heavy atom. The molecule has 0 bridgehead atoms. The number of hydrogen-bond donors (Lipinski definition) is 0. The molecule has 2 heterocycles. The van der Waals surface area contributed by atoms with Crippen molar-refractivity contribution in [2.45, 2.75) is 36.2 Å². The van der Waals surface area contributed by atoms with Crippen LogP contribution >= 0.6 is 23.5 Å². The minimum Gasteiger partial charge on any atom is -0.154 e. The first-order valence-corrected chi connectivity index (χ1v) is 6.96. The summed E-state index contributed by atoms with van der Waals surface area (Å²) < 4.78 is 0. The summed E-state index contributed by atoms with van der Waals surface area (Å²) in [5.41, 5.74) is 0. The van der Waals surface area contributed by atoms with E-state index >= 15 is 0 Å². The third-order valence-electron chi connectivity index (χ3n) is 2.47. The van der Waals surface area contributed by atoms with E-state index in [0.29, 0.717) is 0 Å². The van der Waals surface area contributed by atoms with Gasteiger partial charge >= 0.3 is 0 Å². The van der Waals surface area contributed by atoms with Crippen LogP contribution in [0.4, 0.5) is 0 Å². The Morgan fingerprint density at radius 2 is 1.33 bits per heavy atom. The molecule has 2 heteroatoms. The SMILES string of the molecule is C(=C\[C@@H]1CCCS1)/[C@@H]1CCCS1. The summed E-state index contributed by atoms with van der Waals surface area (Å²) in [7, 11) is 0.